The number of ether oxygens (including phenoxy) is 1. The quantitative estimate of drug-likeness (QED) is 0.321. The van der Waals surface area contributed by atoms with Crippen molar-refractivity contribution < 1.29 is 24.2 Å². The topological polar surface area (TPSA) is 112 Å². The second-order valence-electron chi connectivity index (χ2n) is 12.4. The predicted octanol–water partition coefficient (Wildman–Crippen LogP) is 5.09. The molecule has 2 aromatic carbocycles. The standard InChI is InChI=1S/C33H39N3O5/c1-20-27(26-9-5-6-10-28(26)34-20)18-29(32(39)36(19-30(37)38)12-11-21-7-3-2-4-8-21)35-33(40)41-31-24-14-22-13-23(16-24)17-25(31)15-22/h2-10,22-25,29,31,34H,11-19H2,1H3,(H,35,40)(H,37,38)/t22?,23?,24?,25?,29-,31?/m1/s1. The summed E-state index contributed by atoms with van der Waals surface area (Å²) in [7, 11) is 0. The third-order valence-corrected chi connectivity index (χ3v) is 9.56. The Kier molecular flexibility index (Phi) is 7.73. The van der Waals surface area contributed by atoms with Crippen LogP contribution >= 0.6 is 0 Å². The Labute approximate surface area is 240 Å². The van der Waals surface area contributed by atoms with Crippen LogP contribution in [0.4, 0.5) is 4.79 Å². The van der Waals surface area contributed by atoms with E-state index < -0.39 is 30.6 Å². The van der Waals surface area contributed by atoms with Gasteiger partial charge in [-0.1, -0.05) is 48.5 Å². The van der Waals surface area contributed by atoms with Gasteiger partial charge in [-0.05, 0) is 86.3 Å². The van der Waals surface area contributed by atoms with E-state index >= 15 is 0 Å². The molecule has 4 aliphatic rings. The Morgan fingerprint density at radius 2 is 1.63 bits per heavy atom. The monoisotopic (exact) mass is 557 g/mol. The Hall–Kier alpha value is -3.81. The largest absolute Gasteiger partial charge is 0.480 e. The first-order valence-electron chi connectivity index (χ1n) is 14.9. The molecule has 0 spiro atoms. The van der Waals surface area contributed by atoms with E-state index in [4.69, 9.17) is 4.74 Å². The van der Waals surface area contributed by atoms with Crippen molar-refractivity contribution in [2.75, 3.05) is 13.1 Å². The smallest absolute Gasteiger partial charge is 0.408 e. The highest BCUT2D eigenvalue weighted by Crippen LogP contribution is 2.54. The van der Waals surface area contributed by atoms with Crippen LogP contribution in [0, 0.1) is 30.6 Å². The molecule has 4 aliphatic carbocycles. The van der Waals surface area contributed by atoms with Crippen LogP contribution in [-0.4, -0.2) is 58.2 Å². The van der Waals surface area contributed by atoms with E-state index in [0.29, 0.717) is 18.3 Å². The number of amides is 2. The summed E-state index contributed by atoms with van der Waals surface area (Å²) in [6.45, 7) is 1.74. The van der Waals surface area contributed by atoms with Gasteiger partial charge in [-0.3, -0.25) is 9.59 Å². The molecule has 7 rings (SSSR count). The van der Waals surface area contributed by atoms with Crippen LogP contribution in [0.1, 0.15) is 48.9 Å². The number of aliphatic carboxylic acids is 1. The Morgan fingerprint density at radius 1 is 0.976 bits per heavy atom. The van der Waals surface area contributed by atoms with Crippen LogP contribution in [0.3, 0.4) is 0 Å². The molecule has 4 fully saturated rings. The number of H-pyrrole nitrogens is 1. The summed E-state index contributed by atoms with van der Waals surface area (Å²) >= 11 is 0. The lowest BCUT2D eigenvalue weighted by Gasteiger charge is -2.53. The lowest BCUT2D eigenvalue weighted by molar-refractivity contribution is -0.145. The maximum Gasteiger partial charge on any atom is 0.408 e. The molecule has 2 amide bonds. The Balaban J connectivity index is 1.23. The third-order valence-electron chi connectivity index (χ3n) is 9.56. The number of hydrogen-bond acceptors (Lipinski definition) is 4. The number of para-hydroxylation sites is 1. The van der Waals surface area contributed by atoms with Gasteiger partial charge in [0, 0.05) is 29.6 Å². The average Bonchev–Trinajstić information content (AvgIpc) is 3.26. The highest BCUT2D eigenvalue weighted by atomic mass is 16.6. The molecule has 0 radical (unpaired) electrons. The van der Waals surface area contributed by atoms with Crippen LogP contribution in [0.25, 0.3) is 10.9 Å². The molecule has 1 aromatic heterocycles. The molecule has 41 heavy (non-hydrogen) atoms. The van der Waals surface area contributed by atoms with Gasteiger partial charge in [0.15, 0.2) is 0 Å². The molecule has 1 atom stereocenters. The van der Waals surface area contributed by atoms with Crippen molar-refractivity contribution in [1.82, 2.24) is 15.2 Å². The van der Waals surface area contributed by atoms with E-state index in [1.54, 1.807) is 0 Å². The van der Waals surface area contributed by atoms with Crippen LogP contribution in [0.5, 0.6) is 0 Å². The zero-order chi connectivity index (χ0) is 28.5. The number of aromatic amines is 1. The zero-order valence-corrected chi connectivity index (χ0v) is 23.6. The molecule has 1 heterocycles. The number of aryl methyl sites for hydroxylation is 1. The van der Waals surface area contributed by atoms with Crippen molar-refractivity contribution in [3.05, 3.63) is 71.4 Å². The lowest BCUT2D eigenvalue weighted by Crippen LogP contribution is -2.54. The van der Waals surface area contributed by atoms with E-state index in [9.17, 15) is 19.5 Å². The van der Waals surface area contributed by atoms with Crippen molar-refractivity contribution in [1.29, 1.82) is 0 Å². The van der Waals surface area contributed by atoms with Gasteiger partial charge >= 0.3 is 12.1 Å². The van der Waals surface area contributed by atoms with Gasteiger partial charge in [-0.15, -0.1) is 0 Å². The lowest BCUT2D eigenvalue weighted by atomic mass is 9.55. The first-order chi connectivity index (χ1) is 19.8. The van der Waals surface area contributed by atoms with Crippen LogP contribution < -0.4 is 5.32 Å². The minimum Gasteiger partial charge on any atom is -0.480 e. The molecule has 216 valence electrons. The van der Waals surface area contributed by atoms with Crippen LogP contribution in [0.2, 0.25) is 0 Å². The van der Waals surface area contributed by atoms with Gasteiger partial charge in [-0.25, -0.2) is 4.79 Å². The third kappa shape index (κ3) is 5.97. The molecule has 0 aliphatic heterocycles. The molecular formula is C33H39N3O5. The average molecular weight is 558 g/mol. The molecular weight excluding hydrogens is 518 g/mol. The number of nitrogens with one attached hydrogen (secondary N) is 2. The summed E-state index contributed by atoms with van der Waals surface area (Å²) in [6.07, 6.45) is 5.83. The number of aromatic nitrogens is 1. The normalized spacial score (nSPS) is 25.1. The van der Waals surface area contributed by atoms with Crippen LogP contribution in [-0.2, 0) is 27.2 Å². The molecule has 8 heteroatoms. The molecule has 0 saturated heterocycles. The van der Waals surface area contributed by atoms with Crippen molar-refractivity contribution in [2.24, 2.45) is 23.7 Å². The van der Waals surface area contributed by atoms with Gasteiger partial charge in [0.1, 0.15) is 18.7 Å². The van der Waals surface area contributed by atoms with Gasteiger partial charge < -0.3 is 25.0 Å². The molecule has 4 bridgehead atoms. The number of carbonyl (C=O) groups is 3. The summed E-state index contributed by atoms with van der Waals surface area (Å²) < 4.78 is 6.09. The minimum absolute atomic E-state index is 0.110. The summed E-state index contributed by atoms with van der Waals surface area (Å²) in [4.78, 5) is 44.0. The molecule has 3 N–H and O–H groups in total. The predicted molar refractivity (Wildman–Crippen MR) is 155 cm³/mol. The fraction of sp³-hybridized carbons (Fsp3) is 0.485. The number of carboxylic acids is 1. The van der Waals surface area contributed by atoms with E-state index in [0.717, 1.165) is 65.2 Å². The number of carboxylic acid groups (broad SMARTS) is 1. The number of nitrogens with zero attached hydrogens (tertiary/aromatic N) is 1. The van der Waals surface area contributed by atoms with Gasteiger partial charge in [0.2, 0.25) is 5.91 Å². The maximum atomic E-state index is 14.0. The van der Waals surface area contributed by atoms with Crippen molar-refractivity contribution in [3.8, 4) is 0 Å². The molecule has 8 nitrogen and oxygen atoms in total. The SMILES string of the molecule is Cc1[nH]c2ccccc2c1C[C@@H](NC(=O)OC1C2CC3CC(C2)CC1C3)C(=O)N(CCc1ccccc1)CC(=O)O. The van der Waals surface area contributed by atoms with E-state index in [1.165, 1.54) is 11.3 Å². The second kappa shape index (κ2) is 11.6. The number of alkyl carbamates (subject to hydrolysis) is 1. The first-order valence-corrected chi connectivity index (χ1v) is 14.9. The van der Waals surface area contributed by atoms with E-state index in [2.05, 4.69) is 10.3 Å². The molecule has 3 aromatic rings. The summed E-state index contributed by atoms with van der Waals surface area (Å²) in [5.74, 6) is 0.801. The van der Waals surface area contributed by atoms with Crippen molar-refractivity contribution in [2.45, 2.75) is 64.0 Å². The number of carbonyl (C=O) groups excluding carboxylic acids is 2. The van der Waals surface area contributed by atoms with Gasteiger partial charge in [0.25, 0.3) is 0 Å². The highest BCUT2D eigenvalue weighted by molar-refractivity contribution is 5.90. The number of fused-ring (bicyclic) bond motifs is 1. The maximum absolute atomic E-state index is 14.0. The second-order valence-corrected chi connectivity index (χ2v) is 12.4. The van der Waals surface area contributed by atoms with Crippen LogP contribution in [0.15, 0.2) is 54.6 Å². The number of benzene rings is 2. The number of rotatable bonds is 10. The fourth-order valence-corrected chi connectivity index (χ4v) is 7.93. The van der Waals surface area contributed by atoms with E-state index in [-0.39, 0.29) is 19.1 Å². The zero-order valence-electron chi connectivity index (χ0n) is 23.6. The van der Waals surface area contributed by atoms with Crippen molar-refractivity contribution >= 4 is 28.9 Å². The molecule has 4 saturated carbocycles. The molecule has 0 unspecified atom stereocenters. The summed E-state index contributed by atoms with van der Waals surface area (Å²) in [6, 6.07) is 16.6. The first kappa shape index (κ1) is 27.4. The Morgan fingerprint density at radius 3 is 2.32 bits per heavy atom. The van der Waals surface area contributed by atoms with Gasteiger partial charge in [0.05, 0.1) is 0 Å². The number of hydrogen-bond donors (Lipinski definition) is 3. The fourth-order valence-electron chi connectivity index (χ4n) is 7.93. The van der Waals surface area contributed by atoms with Gasteiger partial charge in [-0.2, -0.15) is 0 Å². The summed E-state index contributed by atoms with van der Waals surface area (Å²) in [5.41, 5.74) is 3.80. The highest BCUT2D eigenvalue weighted by Gasteiger charge is 2.50. The van der Waals surface area contributed by atoms with Crippen molar-refractivity contribution in [3.63, 3.8) is 0 Å². The Bertz CT molecular complexity index is 1390. The van der Waals surface area contributed by atoms with E-state index in [1.807, 2.05) is 61.5 Å². The summed E-state index contributed by atoms with van der Waals surface area (Å²) in [5, 5.41) is 13.5. The minimum atomic E-state index is -1.09.